The van der Waals surface area contributed by atoms with Crippen molar-refractivity contribution in [3.8, 4) is 22.8 Å². The first-order valence-electron chi connectivity index (χ1n) is 12.5. The number of rotatable bonds is 5. The van der Waals surface area contributed by atoms with Crippen LogP contribution in [-0.2, 0) is 0 Å². The number of hydrogen-bond acceptors (Lipinski definition) is 4. The molecule has 4 aromatic carbocycles. The van der Waals surface area contributed by atoms with Crippen molar-refractivity contribution in [3.05, 3.63) is 119 Å². The molecule has 1 N–H and O–H groups in total. The summed E-state index contributed by atoms with van der Waals surface area (Å²) in [7, 11) is -4.35. The Morgan fingerprint density at radius 2 is 1.34 bits per heavy atom. The van der Waals surface area contributed by atoms with Gasteiger partial charge in [-0.15, -0.1) is 0 Å². The fraction of sp³-hybridized carbons (Fsp3) is 0.0968. The van der Waals surface area contributed by atoms with E-state index in [1.54, 1.807) is 31.4 Å². The monoisotopic (exact) mass is 563 g/mol. The van der Waals surface area contributed by atoms with Crippen LogP contribution in [0.15, 0.2) is 101 Å². The van der Waals surface area contributed by atoms with Crippen LogP contribution in [0, 0.1) is 13.8 Å². The molecule has 0 radical (unpaired) electrons. The molecular weight excluding hydrogens is 537 g/mol. The van der Waals surface area contributed by atoms with Gasteiger partial charge in [0.1, 0.15) is 22.8 Å². The second-order valence-corrected chi connectivity index (χ2v) is 9.15. The van der Waals surface area contributed by atoms with Gasteiger partial charge in [0.2, 0.25) is 11.0 Å². The standard InChI is InChI=1S/C31H25NO4.BF4/c1-20-4-7-23(8-5-20)31(33)35-26-15-11-24(12-16-26)32-28-19-30(22-9-13-25(34-3)14-10-22)36-29-17-6-21(2)18-27(28)29;2-1(3,4)5/h4-19H,1-3H3;/q;-1/p+1. The zero-order valence-corrected chi connectivity index (χ0v) is 22.5. The second-order valence-electron chi connectivity index (χ2n) is 9.15. The lowest BCUT2D eigenvalue weighted by atomic mass is 10.1. The minimum Gasteiger partial charge on any atom is -0.497 e. The minimum atomic E-state index is -6.00. The van der Waals surface area contributed by atoms with Crippen LogP contribution in [0.3, 0.4) is 0 Å². The molecule has 41 heavy (non-hydrogen) atoms. The molecule has 0 aliphatic rings. The van der Waals surface area contributed by atoms with E-state index in [-0.39, 0.29) is 5.97 Å². The van der Waals surface area contributed by atoms with E-state index in [2.05, 4.69) is 18.0 Å². The van der Waals surface area contributed by atoms with Crippen molar-refractivity contribution in [2.24, 2.45) is 0 Å². The van der Waals surface area contributed by atoms with Crippen molar-refractivity contribution in [2.45, 2.75) is 13.8 Å². The molecule has 1 heterocycles. The van der Waals surface area contributed by atoms with Crippen LogP contribution in [0.5, 0.6) is 11.5 Å². The smallest absolute Gasteiger partial charge is 0.497 e. The zero-order valence-electron chi connectivity index (χ0n) is 22.5. The number of methoxy groups -OCH3 is 1. The Bertz CT molecular complexity index is 1710. The van der Waals surface area contributed by atoms with E-state index in [1.807, 2.05) is 73.7 Å². The summed E-state index contributed by atoms with van der Waals surface area (Å²) in [6.07, 6.45) is 0. The Labute approximate surface area is 233 Å². The molecule has 5 aromatic rings. The minimum absolute atomic E-state index is 0.383. The van der Waals surface area contributed by atoms with Gasteiger partial charge in [-0.25, -0.2) is 9.79 Å². The van der Waals surface area contributed by atoms with Crippen molar-refractivity contribution in [3.63, 3.8) is 0 Å². The van der Waals surface area contributed by atoms with Crippen LogP contribution in [0.4, 0.5) is 23.0 Å². The highest BCUT2D eigenvalue weighted by atomic mass is 19.5. The summed E-state index contributed by atoms with van der Waals surface area (Å²) in [5.74, 6) is 1.62. The van der Waals surface area contributed by atoms with Crippen molar-refractivity contribution in [2.75, 3.05) is 7.11 Å². The van der Waals surface area contributed by atoms with Gasteiger partial charge in [-0.1, -0.05) is 29.3 Å². The third-order valence-electron chi connectivity index (χ3n) is 5.93. The average molecular weight is 563 g/mol. The molecule has 0 unspecified atom stereocenters. The quantitative estimate of drug-likeness (QED) is 0.114. The third kappa shape index (κ3) is 8.31. The summed E-state index contributed by atoms with van der Waals surface area (Å²) in [6, 6.07) is 30.5. The second kappa shape index (κ2) is 12.5. The Morgan fingerprint density at radius 1 is 0.756 bits per heavy atom. The van der Waals surface area contributed by atoms with Crippen LogP contribution >= 0.6 is 0 Å². The lowest BCUT2D eigenvalue weighted by Crippen LogP contribution is -2.70. The van der Waals surface area contributed by atoms with Crippen molar-refractivity contribution in [1.82, 2.24) is 0 Å². The lowest BCUT2D eigenvalue weighted by molar-refractivity contribution is -0.400. The van der Waals surface area contributed by atoms with E-state index >= 15 is 0 Å². The molecule has 5 nitrogen and oxygen atoms in total. The third-order valence-corrected chi connectivity index (χ3v) is 5.93. The highest BCUT2D eigenvalue weighted by Gasteiger charge is 2.20. The number of halogens is 4. The van der Waals surface area contributed by atoms with Crippen molar-refractivity contribution < 1.29 is 40.9 Å². The predicted molar refractivity (Wildman–Crippen MR) is 149 cm³/mol. The molecule has 210 valence electrons. The van der Waals surface area contributed by atoms with E-state index in [0.29, 0.717) is 11.3 Å². The Morgan fingerprint density at radius 3 is 1.95 bits per heavy atom. The zero-order chi connectivity index (χ0) is 29.6. The van der Waals surface area contributed by atoms with Gasteiger partial charge in [0.05, 0.1) is 24.1 Å². The summed E-state index contributed by atoms with van der Waals surface area (Å²) in [6.45, 7) is 4.03. The molecule has 0 aliphatic carbocycles. The average Bonchev–Trinajstić information content (AvgIpc) is 2.94. The predicted octanol–water partition coefficient (Wildman–Crippen LogP) is 6.56. The highest BCUT2D eigenvalue weighted by molar-refractivity contribution is 6.50. The Kier molecular flexibility index (Phi) is 8.92. The first-order chi connectivity index (χ1) is 19.5. The van der Waals surface area contributed by atoms with Gasteiger partial charge in [0.15, 0.2) is 0 Å². The van der Waals surface area contributed by atoms with E-state index in [4.69, 9.17) is 13.9 Å². The maximum Gasteiger partial charge on any atom is 0.673 e. The molecule has 0 aliphatic heterocycles. The van der Waals surface area contributed by atoms with E-state index in [9.17, 15) is 22.1 Å². The molecule has 0 amide bonds. The van der Waals surface area contributed by atoms with Crippen LogP contribution in [0.2, 0.25) is 0 Å². The van der Waals surface area contributed by atoms with E-state index in [0.717, 1.165) is 50.2 Å². The topological polar surface area (TPSA) is 62.6 Å². The number of carbonyl (C=O) groups excluding carboxylic acids is 1. The van der Waals surface area contributed by atoms with E-state index < -0.39 is 7.25 Å². The largest absolute Gasteiger partial charge is 0.673 e. The summed E-state index contributed by atoms with van der Waals surface area (Å²) in [5, 5.41) is 1.89. The molecule has 5 rings (SSSR count). The van der Waals surface area contributed by atoms with Crippen molar-refractivity contribution in [1.29, 1.82) is 0 Å². The van der Waals surface area contributed by atoms with Gasteiger partial charge >= 0.3 is 13.2 Å². The Hall–Kier alpha value is -4.86. The molecule has 0 saturated heterocycles. The number of esters is 1. The van der Waals surface area contributed by atoms with Gasteiger partial charge < -0.3 is 31.2 Å². The summed E-state index contributed by atoms with van der Waals surface area (Å²) >= 11 is 0. The molecule has 0 spiro atoms. The maximum atomic E-state index is 12.4. The fourth-order valence-corrected chi connectivity index (χ4v) is 3.92. The number of ether oxygens (including phenoxy) is 2. The van der Waals surface area contributed by atoms with Crippen molar-refractivity contribution >= 4 is 29.9 Å². The van der Waals surface area contributed by atoms with Crippen LogP contribution < -0.4 is 19.8 Å². The maximum absolute atomic E-state index is 12.4. The van der Waals surface area contributed by atoms with Gasteiger partial charge in [0.25, 0.3) is 0 Å². The normalized spacial score (nSPS) is 11.5. The number of fused-ring (bicyclic) bond motifs is 1. The first-order valence-corrected chi connectivity index (χ1v) is 12.5. The molecule has 0 bridgehead atoms. The molecule has 0 fully saturated rings. The lowest BCUT2D eigenvalue weighted by Gasteiger charge is -2.05. The SMILES string of the molecule is COc1ccc(-c2cc(=[NH+]c3ccc(OC(=O)c4ccc(C)cc4)cc3)c3cc(C)ccc3o2)cc1.F[B-](F)(F)F. The number of benzene rings is 4. The van der Waals surface area contributed by atoms with Gasteiger partial charge in [0, 0.05) is 17.7 Å². The van der Waals surface area contributed by atoms with Crippen LogP contribution in [0.25, 0.3) is 22.3 Å². The molecule has 1 aromatic heterocycles. The van der Waals surface area contributed by atoms with Gasteiger partial charge in [-0.2, -0.15) is 0 Å². The van der Waals surface area contributed by atoms with Crippen LogP contribution in [0.1, 0.15) is 21.5 Å². The van der Waals surface area contributed by atoms with E-state index in [1.165, 1.54) is 0 Å². The summed E-state index contributed by atoms with van der Waals surface area (Å²) < 4.78 is 56.0. The number of carbonyl (C=O) groups is 1. The fourth-order valence-electron chi connectivity index (χ4n) is 3.92. The van der Waals surface area contributed by atoms with Gasteiger partial charge in [-0.05, 0) is 74.5 Å². The molecule has 0 atom stereocenters. The van der Waals surface area contributed by atoms with Gasteiger partial charge in [-0.3, -0.25) is 0 Å². The summed E-state index contributed by atoms with van der Waals surface area (Å²) in [4.78, 5) is 15.9. The highest BCUT2D eigenvalue weighted by Crippen LogP contribution is 2.24. The molecular formula is C31H26BF4NO4. The Balaban J connectivity index is 0.000000714. The first kappa shape index (κ1) is 29.1. The molecule has 10 heteroatoms. The van der Waals surface area contributed by atoms with Crippen LogP contribution in [-0.4, -0.2) is 20.3 Å². The number of hydrogen-bond donors (Lipinski definition) is 1. The molecule has 0 saturated carbocycles. The number of aryl methyl sites for hydroxylation is 2. The summed E-state index contributed by atoms with van der Waals surface area (Å²) in [5.41, 5.74) is 5.33. The number of nitrogens with one attached hydrogen (secondary N) is 1.